The van der Waals surface area contributed by atoms with Gasteiger partial charge in [0, 0.05) is 33.3 Å². The predicted octanol–water partition coefficient (Wildman–Crippen LogP) is 5.81. The Bertz CT molecular complexity index is 716. The van der Waals surface area contributed by atoms with Gasteiger partial charge in [0.25, 0.3) is 5.91 Å². The molecule has 0 aromatic heterocycles. The molecule has 2 aromatic rings. The smallest absolute Gasteiger partial charge is 0.251 e. The Balaban J connectivity index is 2.08. The van der Waals surface area contributed by atoms with Crippen LogP contribution in [-0.4, -0.2) is 19.1 Å². The Labute approximate surface area is 165 Å². The van der Waals surface area contributed by atoms with Gasteiger partial charge in [0.2, 0.25) is 0 Å². The van der Waals surface area contributed by atoms with E-state index in [4.69, 9.17) is 16.3 Å². The molecule has 0 aliphatic carbocycles. The number of nitrogens with one attached hydrogen (secondary N) is 1. The molecule has 3 nitrogen and oxygen atoms in total. The van der Waals surface area contributed by atoms with Crippen LogP contribution in [-0.2, 0) is 5.75 Å². The van der Waals surface area contributed by atoms with E-state index in [1.807, 2.05) is 49.4 Å². The van der Waals surface area contributed by atoms with E-state index in [0.29, 0.717) is 24.6 Å². The highest BCUT2D eigenvalue weighted by atomic mass is 35.5. The summed E-state index contributed by atoms with van der Waals surface area (Å²) in [7, 11) is 0. The fourth-order valence-corrected chi connectivity index (χ4v) is 3.40. The molecule has 0 unspecified atom stereocenters. The number of benzene rings is 2. The van der Waals surface area contributed by atoms with E-state index >= 15 is 0 Å². The first-order chi connectivity index (χ1) is 12.5. The van der Waals surface area contributed by atoms with Gasteiger partial charge in [-0.05, 0) is 61.7 Å². The minimum Gasteiger partial charge on any atom is -0.494 e. The molecule has 5 heteroatoms. The lowest BCUT2D eigenvalue weighted by molar-refractivity contribution is 0.0952. The molecule has 0 saturated heterocycles. The van der Waals surface area contributed by atoms with Crippen LogP contribution in [0.15, 0.2) is 47.4 Å². The molecular weight excluding hydrogens is 366 g/mol. The number of rotatable bonds is 9. The highest BCUT2D eigenvalue weighted by Crippen LogP contribution is 2.29. The van der Waals surface area contributed by atoms with E-state index in [9.17, 15) is 4.79 Å². The molecule has 0 radical (unpaired) electrons. The number of hydrogen-bond donors (Lipinski definition) is 1. The average Bonchev–Trinajstić information content (AvgIpc) is 2.62. The van der Waals surface area contributed by atoms with Crippen LogP contribution >= 0.6 is 23.4 Å². The van der Waals surface area contributed by atoms with Crippen LogP contribution in [0.3, 0.4) is 0 Å². The van der Waals surface area contributed by atoms with Crippen LogP contribution in [0.5, 0.6) is 5.75 Å². The maximum Gasteiger partial charge on any atom is 0.251 e. The van der Waals surface area contributed by atoms with Gasteiger partial charge in [-0.1, -0.05) is 25.4 Å². The number of carbonyl (C=O) groups is 1. The van der Waals surface area contributed by atoms with Gasteiger partial charge in [0.05, 0.1) is 6.61 Å². The van der Waals surface area contributed by atoms with E-state index in [0.717, 1.165) is 33.4 Å². The summed E-state index contributed by atoms with van der Waals surface area (Å²) >= 11 is 7.63. The van der Waals surface area contributed by atoms with Gasteiger partial charge >= 0.3 is 0 Å². The van der Waals surface area contributed by atoms with Crippen molar-refractivity contribution >= 4 is 29.3 Å². The van der Waals surface area contributed by atoms with Crippen LogP contribution in [0.2, 0.25) is 5.02 Å². The first-order valence-corrected chi connectivity index (χ1v) is 10.3. The molecule has 0 fully saturated rings. The predicted molar refractivity (Wildman–Crippen MR) is 110 cm³/mol. The van der Waals surface area contributed by atoms with E-state index in [-0.39, 0.29) is 5.91 Å². The van der Waals surface area contributed by atoms with Crippen LogP contribution in [0.25, 0.3) is 0 Å². The average molecular weight is 392 g/mol. The molecule has 140 valence electrons. The third kappa shape index (κ3) is 6.58. The second-order valence-corrected chi connectivity index (χ2v) is 7.92. The second-order valence-electron chi connectivity index (χ2n) is 6.44. The van der Waals surface area contributed by atoms with E-state index < -0.39 is 0 Å². The molecule has 0 spiro atoms. The lowest BCUT2D eigenvalue weighted by Crippen LogP contribution is -2.25. The molecule has 0 atom stereocenters. The normalized spacial score (nSPS) is 10.8. The van der Waals surface area contributed by atoms with Gasteiger partial charge in [-0.2, -0.15) is 0 Å². The van der Waals surface area contributed by atoms with Gasteiger partial charge in [-0.3, -0.25) is 4.79 Å². The van der Waals surface area contributed by atoms with Crippen molar-refractivity contribution in [1.29, 1.82) is 0 Å². The summed E-state index contributed by atoms with van der Waals surface area (Å²) in [6.45, 7) is 7.55. The second kappa shape index (κ2) is 10.5. The third-order valence-electron chi connectivity index (χ3n) is 3.84. The number of amides is 1. The molecule has 2 aromatic carbocycles. The van der Waals surface area contributed by atoms with E-state index in [1.165, 1.54) is 0 Å². The summed E-state index contributed by atoms with van der Waals surface area (Å²) in [5.41, 5.74) is 1.69. The molecule has 26 heavy (non-hydrogen) atoms. The summed E-state index contributed by atoms with van der Waals surface area (Å²) < 4.78 is 5.73. The van der Waals surface area contributed by atoms with Gasteiger partial charge < -0.3 is 10.1 Å². The van der Waals surface area contributed by atoms with Crippen molar-refractivity contribution in [2.24, 2.45) is 5.92 Å². The molecule has 0 heterocycles. The fourth-order valence-electron chi connectivity index (χ4n) is 2.40. The molecule has 0 aliphatic rings. The maximum absolute atomic E-state index is 12.4. The van der Waals surface area contributed by atoms with E-state index in [2.05, 4.69) is 19.2 Å². The first-order valence-electron chi connectivity index (χ1n) is 8.92. The molecule has 0 aliphatic heterocycles. The van der Waals surface area contributed by atoms with Crippen molar-refractivity contribution in [3.63, 3.8) is 0 Å². The topological polar surface area (TPSA) is 38.3 Å². The van der Waals surface area contributed by atoms with Crippen molar-refractivity contribution in [2.45, 2.75) is 37.8 Å². The zero-order valence-corrected chi connectivity index (χ0v) is 17.1. The van der Waals surface area contributed by atoms with Crippen molar-refractivity contribution < 1.29 is 9.53 Å². The van der Waals surface area contributed by atoms with Crippen molar-refractivity contribution in [3.05, 3.63) is 58.6 Å². The van der Waals surface area contributed by atoms with Crippen molar-refractivity contribution in [2.75, 3.05) is 13.2 Å². The number of thioether (sulfide) groups is 1. The largest absolute Gasteiger partial charge is 0.494 e. The van der Waals surface area contributed by atoms with Gasteiger partial charge in [-0.25, -0.2) is 0 Å². The zero-order valence-electron chi connectivity index (χ0n) is 15.5. The number of ether oxygens (including phenoxy) is 1. The third-order valence-corrected chi connectivity index (χ3v) is 5.15. The fraction of sp³-hybridized carbons (Fsp3) is 0.381. The molecule has 1 amide bonds. The first kappa shape index (κ1) is 20.7. The molecule has 0 bridgehead atoms. The Morgan fingerprint density at radius 1 is 1.19 bits per heavy atom. The van der Waals surface area contributed by atoms with Crippen molar-refractivity contribution in [3.8, 4) is 5.75 Å². The SMILES string of the molecule is CCOc1ccc(C(=O)NCCC(C)C)cc1CSc1ccc(Cl)cc1. The zero-order chi connectivity index (χ0) is 18.9. The summed E-state index contributed by atoms with van der Waals surface area (Å²) in [6.07, 6.45) is 0.974. The minimum absolute atomic E-state index is 0.0357. The van der Waals surface area contributed by atoms with Crippen LogP contribution < -0.4 is 10.1 Å². The number of hydrogen-bond acceptors (Lipinski definition) is 3. The van der Waals surface area contributed by atoms with Crippen LogP contribution in [0, 0.1) is 5.92 Å². The Morgan fingerprint density at radius 2 is 1.92 bits per heavy atom. The van der Waals surface area contributed by atoms with E-state index in [1.54, 1.807) is 11.8 Å². The number of carbonyl (C=O) groups excluding carboxylic acids is 1. The van der Waals surface area contributed by atoms with Crippen molar-refractivity contribution in [1.82, 2.24) is 5.32 Å². The molecular formula is C21H26ClNO2S. The minimum atomic E-state index is -0.0357. The Hall–Kier alpha value is -1.65. The molecule has 0 saturated carbocycles. The highest BCUT2D eigenvalue weighted by molar-refractivity contribution is 7.98. The maximum atomic E-state index is 12.4. The van der Waals surface area contributed by atoms with Gasteiger partial charge in [0.15, 0.2) is 0 Å². The highest BCUT2D eigenvalue weighted by Gasteiger charge is 2.11. The lowest BCUT2D eigenvalue weighted by Gasteiger charge is -2.13. The van der Waals surface area contributed by atoms with Crippen LogP contribution in [0.4, 0.5) is 0 Å². The summed E-state index contributed by atoms with van der Waals surface area (Å²) in [5, 5.41) is 3.71. The van der Waals surface area contributed by atoms with Gasteiger partial charge in [0.1, 0.15) is 5.75 Å². The van der Waals surface area contributed by atoms with Crippen LogP contribution in [0.1, 0.15) is 43.1 Å². The summed E-state index contributed by atoms with van der Waals surface area (Å²) in [4.78, 5) is 13.5. The Morgan fingerprint density at radius 3 is 2.58 bits per heavy atom. The lowest BCUT2D eigenvalue weighted by atomic mass is 10.1. The standard InChI is InChI=1S/C21H26ClNO2S/c1-4-25-20-10-5-16(21(24)23-12-11-15(2)3)13-17(20)14-26-19-8-6-18(22)7-9-19/h5-10,13,15H,4,11-12,14H2,1-3H3,(H,23,24). The molecule has 1 N–H and O–H groups in total. The number of halogens is 1. The monoisotopic (exact) mass is 391 g/mol. The summed E-state index contributed by atoms with van der Waals surface area (Å²) in [5.74, 6) is 2.09. The summed E-state index contributed by atoms with van der Waals surface area (Å²) in [6, 6.07) is 13.4. The van der Waals surface area contributed by atoms with Gasteiger partial charge in [-0.15, -0.1) is 11.8 Å². The molecule has 2 rings (SSSR count). The Kier molecular flexibility index (Phi) is 8.33. The quantitative estimate of drug-likeness (QED) is 0.548.